The van der Waals surface area contributed by atoms with Crippen molar-refractivity contribution < 1.29 is 4.39 Å². The van der Waals surface area contributed by atoms with Gasteiger partial charge in [-0.05, 0) is 55.0 Å². The SMILES string of the molecule is Fc1ccc(-c2nc3ccc(N4C[C@@H]5C[C@H]4CN5)nc3n2-c2ccncc2)cc1. The molecule has 0 radical (unpaired) electrons. The van der Waals surface area contributed by atoms with Gasteiger partial charge in [0.05, 0.1) is 5.69 Å². The van der Waals surface area contributed by atoms with Gasteiger partial charge in [-0.1, -0.05) is 0 Å². The first-order valence-corrected chi connectivity index (χ1v) is 9.82. The average molecular weight is 386 g/mol. The fraction of sp³-hybridized carbons (Fsp3) is 0.227. The second-order valence-electron chi connectivity index (χ2n) is 7.64. The predicted octanol–water partition coefficient (Wildman–Crippen LogP) is 3.17. The van der Waals surface area contributed by atoms with Gasteiger partial charge in [-0.15, -0.1) is 0 Å². The molecule has 0 unspecified atom stereocenters. The van der Waals surface area contributed by atoms with E-state index in [0.717, 1.165) is 47.1 Å². The number of nitrogens with one attached hydrogen (secondary N) is 1. The predicted molar refractivity (Wildman–Crippen MR) is 110 cm³/mol. The lowest BCUT2D eigenvalue weighted by molar-refractivity contribution is 0.577. The summed E-state index contributed by atoms with van der Waals surface area (Å²) in [5.74, 6) is 1.45. The standard InChI is InChI=1S/C22H19FN6/c23-15-3-1-14(2-4-15)21-26-19-5-6-20(28-13-16-11-18(28)12-25-16)27-22(19)29(21)17-7-9-24-10-8-17/h1-10,16,18,25H,11-13H2/t16-,18-/m0/s1. The van der Waals surface area contributed by atoms with Crippen molar-refractivity contribution in [3.63, 3.8) is 0 Å². The molecule has 2 bridgehead atoms. The Kier molecular flexibility index (Phi) is 3.64. The maximum atomic E-state index is 13.5. The molecule has 0 spiro atoms. The Bertz CT molecular complexity index is 1190. The van der Waals surface area contributed by atoms with Crippen molar-refractivity contribution in [2.24, 2.45) is 0 Å². The monoisotopic (exact) mass is 386 g/mol. The molecule has 4 aromatic rings. The molecule has 2 fully saturated rings. The van der Waals surface area contributed by atoms with E-state index in [1.54, 1.807) is 24.5 Å². The Morgan fingerprint density at radius 1 is 0.966 bits per heavy atom. The van der Waals surface area contributed by atoms with Gasteiger partial charge >= 0.3 is 0 Å². The van der Waals surface area contributed by atoms with E-state index in [1.165, 1.54) is 18.6 Å². The number of anilines is 1. The summed E-state index contributed by atoms with van der Waals surface area (Å²) in [5, 5.41) is 3.54. The highest BCUT2D eigenvalue weighted by molar-refractivity contribution is 5.81. The zero-order valence-corrected chi connectivity index (χ0v) is 15.7. The number of nitrogens with zero attached hydrogens (tertiary/aromatic N) is 5. The van der Waals surface area contributed by atoms with E-state index in [1.807, 2.05) is 22.8 Å². The molecule has 2 aliphatic heterocycles. The molecule has 2 aliphatic rings. The summed E-state index contributed by atoms with van der Waals surface area (Å²) in [4.78, 5) is 16.4. The number of hydrogen-bond donors (Lipinski definition) is 1. The maximum Gasteiger partial charge on any atom is 0.167 e. The fourth-order valence-electron chi connectivity index (χ4n) is 4.48. The molecular weight excluding hydrogens is 367 g/mol. The van der Waals surface area contributed by atoms with Crippen molar-refractivity contribution in [2.75, 3.05) is 18.0 Å². The minimum Gasteiger partial charge on any atom is -0.351 e. The van der Waals surface area contributed by atoms with Gasteiger partial charge in [-0.2, -0.15) is 0 Å². The number of hydrogen-bond acceptors (Lipinski definition) is 5. The largest absolute Gasteiger partial charge is 0.351 e. The minimum absolute atomic E-state index is 0.265. The Morgan fingerprint density at radius 3 is 2.52 bits per heavy atom. The van der Waals surface area contributed by atoms with Gasteiger partial charge in [0.25, 0.3) is 0 Å². The number of benzene rings is 1. The second kappa shape index (κ2) is 6.35. The van der Waals surface area contributed by atoms with Gasteiger partial charge in [0.15, 0.2) is 5.65 Å². The molecule has 2 saturated heterocycles. The first kappa shape index (κ1) is 16.6. The van der Waals surface area contributed by atoms with Gasteiger partial charge in [0.1, 0.15) is 23.0 Å². The van der Waals surface area contributed by atoms with E-state index in [2.05, 4.69) is 21.3 Å². The zero-order valence-electron chi connectivity index (χ0n) is 15.7. The number of aromatic nitrogens is 4. The van der Waals surface area contributed by atoms with Crippen LogP contribution in [0.3, 0.4) is 0 Å². The van der Waals surface area contributed by atoms with Crippen molar-refractivity contribution in [2.45, 2.75) is 18.5 Å². The lowest BCUT2D eigenvalue weighted by Crippen LogP contribution is -2.44. The topological polar surface area (TPSA) is 58.9 Å². The van der Waals surface area contributed by atoms with Crippen LogP contribution in [-0.4, -0.2) is 44.7 Å². The van der Waals surface area contributed by atoms with Gasteiger partial charge in [0.2, 0.25) is 0 Å². The Hall–Kier alpha value is -3.32. The number of pyridine rings is 2. The lowest BCUT2D eigenvalue weighted by Gasteiger charge is -2.28. The molecular formula is C22H19FN6. The third kappa shape index (κ3) is 2.69. The molecule has 2 atom stereocenters. The van der Waals surface area contributed by atoms with Gasteiger partial charge in [-0.3, -0.25) is 9.55 Å². The number of halogens is 1. The van der Waals surface area contributed by atoms with Crippen molar-refractivity contribution in [3.05, 3.63) is 66.7 Å². The number of imidazole rings is 1. The normalized spacial score (nSPS) is 20.7. The summed E-state index contributed by atoms with van der Waals surface area (Å²) in [5.41, 5.74) is 3.37. The van der Waals surface area contributed by atoms with Crippen molar-refractivity contribution in [1.29, 1.82) is 0 Å². The molecule has 5 heterocycles. The van der Waals surface area contributed by atoms with Crippen LogP contribution in [0, 0.1) is 5.82 Å². The van der Waals surface area contributed by atoms with E-state index in [9.17, 15) is 4.39 Å². The van der Waals surface area contributed by atoms with Crippen LogP contribution >= 0.6 is 0 Å². The van der Waals surface area contributed by atoms with Crippen LogP contribution in [-0.2, 0) is 0 Å². The zero-order chi connectivity index (χ0) is 19.4. The number of fused-ring (bicyclic) bond motifs is 3. The highest BCUT2D eigenvalue weighted by Gasteiger charge is 2.38. The molecule has 3 aromatic heterocycles. The molecule has 29 heavy (non-hydrogen) atoms. The number of piperazine rings is 1. The first-order chi connectivity index (χ1) is 14.3. The van der Waals surface area contributed by atoms with Crippen LogP contribution in [0.4, 0.5) is 10.2 Å². The van der Waals surface area contributed by atoms with Crippen molar-refractivity contribution >= 4 is 17.0 Å². The molecule has 0 aliphatic carbocycles. The summed E-state index contributed by atoms with van der Waals surface area (Å²) >= 11 is 0. The third-order valence-electron chi connectivity index (χ3n) is 5.86. The lowest BCUT2D eigenvalue weighted by atomic mass is 10.2. The van der Waals surface area contributed by atoms with Crippen LogP contribution in [0.25, 0.3) is 28.2 Å². The molecule has 0 saturated carbocycles. The fourth-order valence-corrected chi connectivity index (χ4v) is 4.48. The quantitative estimate of drug-likeness (QED) is 0.586. The highest BCUT2D eigenvalue weighted by Crippen LogP contribution is 2.32. The van der Waals surface area contributed by atoms with E-state index < -0.39 is 0 Å². The summed E-state index contributed by atoms with van der Waals surface area (Å²) < 4.78 is 15.5. The maximum absolute atomic E-state index is 13.5. The molecule has 1 N–H and O–H groups in total. The van der Waals surface area contributed by atoms with Gasteiger partial charge in [0, 0.05) is 43.1 Å². The van der Waals surface area contributed by atoms with Crippen LogP contribution < -0.4 is 10.2 Å². The summed E-state index contributed by atoms with van der Waals surface area (Å²) in [6, 6.07) is 15.4. The molecule has 7 heteroatoms. The Morgan fingerprint density at radius 2 is 1.79 bits per heavy atom. The molecule has 6 rings (SSSR count). The van der Waals surface area contributed by atoms with Crippen LogP contribution in [0.2, 0.25) is 0 Å². The van der Waals surface area contributed by atoms with Crippen LogP contribution in [0.1, 0.15) is 6.42 Å². The van der Waals surface area contributed by atoms with Crippen LogP contribution in [0.5, 0.6) is 0 Å². The molecule has 6 nitrogen and oxygen atoms in total. The van der Waals surface area contributed by atoms with E-state index >= 15 is 0 Å². The summed E-state index contributed by atoms with van der Waals surface area (Å²) in [7, 11) is 0. The first-order valence-electron chi connectivity index (χ1n) is 9.82. The smallest absolute Gasteiger partial charge is 0.167 e. The van der Waals surface area contributed by atoms with E-state index in [4.69, 9.17) is 9.97 Å². The van der Waals surface area contributed by atoms with Crippen molar-refractivity contribution in [1.82, 2.24) is 24.8 Å². The van der Waals surface area contributed by atoms with E-state index in [-0.39, 0.29) is 5.82 Å². The molecule has 144 valence electrons. The Labute approximate surface area is 167 Å². The third-order valence-corrected chi connectivity index (χ3v) is 5.86. The number of rotatable bonds is 3. The second-order valence-corrected chi connectivity index (χ2v) is 7.64. The summed E-state index contributed by atoms with van der Waals surface area (Å²) in [6.45, 7) is 1.99. The van der Waals surface area contributed by atoms with E-state index in [0.29, 0.717) is 12.1 Å². The van der Waals surface area contributed by atoms with Crippen molar-refractivity contribution in [3.8, 4) is 17.1 Å². The molecule has 1 aromatic carbocycles. The Balaban J connectivity index is 1.55. The van der Waals surface area contributed by atoms with Crippen LogP contribution in [0.15, 0.2) is 60.9 Å². The minimum atomic E-state index is -0.265. The van der Waals surface area contributed by atoms with Gasteiger partial charge < -0.3 is 10.2 Å². The van der Waals surface area contributed by atoms with Gasteiger partial charge in [-0.25, -0.2) is 14.4 Å². The molecule has 0 amide bonds. The summed E-state index contributed by atoms with van der Waals surface area (Å²) in [6.07, 6.45) is 4.68. The highest BCUT2D eigenvalue weighted by atomic mass is 19.1. The average Bonchev–Trinajstić information content (AvgIpc) is 3.48.